The van der Waals surface area contributed by atoms with Crippen LogP contribution in [-0.2, 0) is 16.0 Å². The van der Waals surface area contributed by atoms with E-state index in [1.807, 2.05) is 24.3 Å². The van der Waals surface area contributed by atoms with Crippen LogP contribution in [0.25, 0.3) is 0 Å². The molecule has 0 aromatic heterocycles. The Morgan fingerprint density at radius 1 is 1.36 bits per heavy atom. The molecule has 1 fully saturated rings. The summed E-state index contributed by atoms with van der Waals surface area (Å²) in [4.78, 5) is 14.1. The molecule has 1 amide bonds. The maximum Gasteiger partial charge on any atom is 0.227 e. The molecule has 1 N–H and O–H groups in total. The highest BCUT2D eigenvalue weighted by Crippen LogP contribution is 2.25. The third-order valence-corrected chi connectivity index (χ3v) is 4.45. The number of likely N-dealkylation sites (N-methyl/N-ethyl adjacent to an activating group) is 1. The van der Waals surface area contributed by atoms with Crippen LogP contribution in [0.2, 0.25) is 0 Å². The molecular weight excluding hydrogens is 282 g/mol. The van der Waals surface area contributed by atoms with Crippen molar-refractivity contribution in [2.45, 2.75) is 43.9 Å². The molecule has 1 aromatic rings. The van der Waals surface area contributed by atoms with Crippen molar-refractivity contribution in [3.8, 4) is 5.75 Å². The highest BCUT2D eigenvalue weighted by molar-refractivity contribution is 5.79. The zero-order valence-corrected chi connectivity index (χ0v) is 13.5. The SMILES string of the molecule is COc1cccc(CC(=O)N(C)[C@@H]2CCC[C@@H](OC)[C@@H]2O)c1. The van der Waals surface area contributed by atoms with E-state index in [0.717, 1.165) is 30.6 Å². The summed E-state index contributed by atoms with van der Waals surface area (Å²) in [5.74, 6) is 0.735. The van der Waals surface area contributed by atoms with Crippen LogP contribution in [0.15, 0.2) is 24.3 Å². The zero-order chi connectivity index (χ0) is 16.1. The summed E-state index contributed by atoms with van der Waals surface area (Å²) >= 11 is 0. The fourth-order valence-electron chi connectivity index (χ4n) is 3.06. The number of hydrogen-bond acceptors (Lipinski definition) is 4. The normalized spacial score (nSPS) is 24.8. The molecule has 0 aliphatic heterocycles. The molecule has 0 spiro atoms. The summed E-state index contributed by atoms with van der Waals surface area (Å²) < 4.78 is 10.5. The Morgan fingerprint density at radius 2 is 2.14 bits per heavy atom. The van der Waals surface area contributed by atoms with Crippen LogP contribution in [0.3, 0.4) is 0 Å². The van der Waals surface area contributed by atoms with Gasteiger partial charge in [-0.2, -0.15) is 0 Å². The molecule has 1 aliphatic carbocycles. The maximum atomic E-state index is 12.5. The summed E-state index contributed by atoms with van der Waals surface area (Å²) in [5, 5.41) is 10.4. The number of aliphatic hydroxyl groups excluding tert-OH is 1. The van der Waals surface area contributed by atoms with Crippen molar-refractivity contribution in [2.24, 2.45) is 0 Å². The van der Waals surface area contributed by atoms with E-state index < -0.39 is 6.10 Å². The van der Waals surface area contributed by atoms with Crippen LogP contribution in [-0.4, -0.2) is 55.4 Å². The van der Waals surface area contributed by atoms with Gasteiger partial charge in [-0.15, -0.1) is 0 Å². The Labute approximate surface area is 131 Å². The fraction of sp³-hybridized carbons (Fsp3) is 0.588. The minimum atomic E-state index is -0.627. The predicted molar refractivity (Wildman–Crippen MR) is 83.9 cm³/mol. The predicted octanol–water partition coefficient (Wildman–Crippen LogP) is 1.62. The van der Waals surface area contributed by atoms with E-state index in [1.54, 1.807) is 26.2 Å². The first-order chi connectivity index (χ1) is 10.6. The second-order valence-corrected chi connectivity index (χ2v) is 5.80. The number of rotatable bonds is 5. The lowest BCUT2D eigenvalue weighted by Gasteiger charge is -2.39. The van der Waals surface area contributed by atoms with Crippen LogP contribution in [0.4, 0.5) is 0 Å². The van der Waals surface area contributed by atoms with Crippen molar-refractivity contribution in [3.63, 3.8) is 0 Å². The van der Waals surface area contributed by atoms with Crippen molar-refractivity contribution in [1.82, 2.24) is 4.90 Å². The van der Waals surface area contributed by atoms with Gasteiger partial charge in [0.1, 0.15) is 11.9 Å². The minimum Gasteiger partial charge on any atom is -0.497 e. The third-order valence-electron chi connectivity index (χ3n) is 4.45. The molecule has 122 valence electrons. The Bertz CT molecular complexity index is 505. The topological polar surface area (TPSA) is 59.0 Å². The molecule has 0 saturated heterocycles. The molecule has 22 heavy (non-hydrogen) atoms. The zero-order valence-electron chi connectivity index (χ0n) is 13.5. The average Bonchev–Trinajstić information content (AvgIpc) is 2.54. The molecule has 5 nitrogen and oxygen atoms in total. The standard InChI is InChI=1S/C17H25NO4/c1-18(14-8-5-9-15(22-3)17(14)20)16(19)11-12-6-4-7-13(10-12)21-2/h4,6-7,10,14-15,17,20H,5,8-9,11H2,1-3H3/t14-,15-,17-/m1/s1. The summed E-state index contributed by atoms with van der Waals surface area (Å²) in [6.07, 6.45) is 2.09. The molecular formula is C17H25NO4. The van der Waals surface area contributed by atoms with E-state index >= 15 is 0 Å². The molecule has 3 atom stereocenters. The summed E-state index contributed by atoms with van der Waals surface area (Å²) in [5.41, 5.74) is 0.907. The van der Waals surface area contributed by atoms with E-state index in [9.17, 15) is 9.90 Å². The quantitative estimate of drug-likeness (QED) is 0.898. The Hall–Kier alpha value is -1.59. The largest absolute Gasteiger partial charge is 0.497 e. The Kier molecular flexibility index (Phi) is 5.80. The van der Waals surface area contributed by atoms with Crippen molar-refractivity contribution in [3.05, 3.63) is 29.8 Å². The molecule has 0 unspecified atom stereocenters. The fourth-order valence-corrected chi connectivity index (χ4v) is 3.06. The van der Waals surface area contributed by atoms with Gasteiger partial charge in [-0.05, 0) is 37.0 Å². The highest BCUT2D eigenvalue weighted by atomic mass is 16.5. The number of hydrogen-bond donors (Lipinski definition) is 1. The first kappa shape index (κ1) is 16.8. The van der Waals surface area contributed by atoms with Gasteiger partial charge in [-0.1, -0.05) is 12.1 Å². The van der Waals surface area contributed by atoms with Crippen molar-refractivity contribution in [2.75, 3.05) is 21.3 Å². The summed E-state index contributed by atoms with van der Waals surface area (Å²) in [7, 11) is 4.97. The average molecular weight is 307 g/mol. The van der Waals surface area contributed by atoms with Crippen molar-refractivity contribution in [1.29, 1.82) is 0 Å². The highest BCUT2D eigenvalue weighted by Gasteiger charge is 2.35. The van der Waals surface area contributed by atoms with Gasteiger partial charge in [-0.25, -0.2) is 0 Å². The van der Waals surface area contributed by atoms with E-state index in [1.165, 1.54) is 0 Å². The lowest BCUT2D eigenvalue weighted by molar-refractivity contribution is -0.139. The number of carbonyl (C=O) groups excluding carboxylic acids is 1. The van der Waals surface area contributed by atoms with Crippen LogP contribution in [0.5, 0.6) is 5.75 Å². The monoisotopic (exact) mass is 307 g/mol. The van der Waals surface area contributed by atoms with Gasteiger partial charge in [0.05, 0.1) is 25.7 Å². The Balaban J connectivity index is 2.02. The number of amides is 1. The van der Waals surface area contributed by atoms with Gasteiger partial charge < -0.3 is 19.5 Å². The second kappa shape index (κ2) is 7.61. The molecule has 0 heterocycles. The molecule has 1 saturated carbocycles. The molecule has 2 rings (SSSR count). The molecule has 0 radical (unpaired) electrons. The smallest absolute Gasteiger partial charge is 0.227 e. The van der Waals surface area contributed by atoms with Crippen LogP contribution < -0.4 is 4.74 Å². The van der Waals surface area contributed by atoms with Gasteiger partial charge in [0, 0.05) is 14.2 Å². The van der Waals surface area contributed by atoms with E-state index in [4.69, 9.17) is 9.47 Å². The van der Waals surface area contributed by atoms with E-state index in [0.29, 0.717) is 6.42 Å². The number of methoxy groups -OCH3 is 2. The van der Waals surface area contributed by atoms with Gasteiger partial charge in [0.15, 0.2) is 0 Å². The number of nitrogens with zero attached hydrogens (tertiary/aromatic N) is 1. The van der Waals surface area contributed by atoms with Gasteiger partial charge >= 0.3 is 0 Å². The lowest BCUT2D eigenvalue weighted by Crippen LogP contribution is -2.52. The second-order valence-electron chi connectivity index (χ2n) is 5.80. The van der Waals surface area contributed by atoms with Crippen LogP contribution in [0, 0.1) is 0 Å². The first-order valence-corrected chi connectivity index (χ1v) is 7.66. The van der Waals surface area contributed by atoms with Crippen molar-refractivity contribution < 1.29 is 19.4 Å². The lowest BCUT2D eigenvalue weighted by atomic mass is 9.88. The minimum absolute atomic E-state index is 0.00550. The maximum absolute atomic E-state index is 12.5. The molecule has 5 heteroatoms. The summed E-state index contributed by atoms with van der Waals surface area (Å²) in [6.45, 7) is 0. The van der Waals surface area contributed by atoms with Crippen LogP contribution >= 0.6 is 0 Å². The number of aliphatic hydroxyl groups is 1. The van der Waals surface area contributed by atoms with Gasteiger partial charge in [-0.3, -0.25) is 4.79 Å². The summed E-state index contributed by atoms with van der Waals surface area (Å²) in [6, 6.07) is 7.31. The molecule has 0 bridgehead atoms. The third kappa shape index (κ3) is 3.78. The van der Waals surface area contributed by atoms with E-state index in [2.05, 4.69) is 0 Å². The van der Waals surface area contributed by atoms with Gasteiger partial charge in [0.2, 0.25) is 5.91 Å². The van der Waals surface area contributed by atoms with Crippen molar-refractivity contribution >= 4 is 5.91 Å². The number of ether oxygens (including phenoxy) is 2. The van der Waals surface area contributed by atoms with Crippen LogP contribution in [0.1, 0.15) is 24.8 Å². The molecule has 1 aliphatic rings. The van der Waals surface area contributed by atoms with Gasteiger partial charge in [0.25, 0.3) is 0 Å². The number of carbonyl (C=O) groups is 1. The Morgan fingerprint density at radius 3 is 2.82 bits per heavy atom. The number of benzene rings is 1. The first-order valence-electron chi connectivity index (χ1n) is 7.66. The van der Waals surface area contributed by atoms with E-state index in [-0.39, 0.29) is 18.1 Å². The molecule has 1 aromatic carbocycles.